The topological polar surface area (TPSA) is 0 Å². The number of aryl methyl sites for hydroxylation is 4. The third kappa shape index (κ3) is 9.24. The maximum absolute atomic E-state index is 2.63. The van der Waals surface area contributed by atoms with Crippen molar-refractivity contribution in [3.63, 3.8) is 0 Å². The number of rotatable bonds is 16. The lowest BCUT2D eigenvalue weighted by atomic mass is 9.88. The largest absolute Gasteiger partial charge is 0.0654 e. The van der Waals surface area contributed by atoms with Crippen LogP contribution in [0.2, 0.25) is 0 Å². The van der Waals surface area contributed by atoms with E-state index in [0.29, 0.717) is 0 Å². The van der Waals surface area contributed by atoms with Crippen LogP contribution in [0.4, 0.5) is 0 Å². The van der Waals surface area contributed by atoms with E-state index in [0.717, 1.165) is 0 Å². The molecule has 0 aromatic heterocycles. The zero-order chi connectivity index (χ0) is 19.0. The third-order valence-corrected chi connectivity index (χ3v) is 5.72. The molecule has 1 rings (SSSR count). The molecule has 0 heteroatoms. The average molecular weight is 359 g/mol. The average Bonchev–Trinajstić information content (AvgIpc) is 2.64. The van der Waals surface area contributed by atoms with Crippen molar-refractivity contribution in [2.24, 2.45) is 0 Å². The van der Waals surface area contributed by atoms with Crippen LogP contribution in [-0.4, -0.2) is 0 Å². The molecule has 0 saturated carbocycles. The Morgan fingerprint density at radius 2 is 0.615 bits per heavy atom. The van der Waals surface area contributed by atoms with E-state index in [1.807, 2.05) is 0 Å². The van der Waals surface area contributed by atoms with Gasteiger partial charge < -0.3 is 0 Å². The quantitative estimate of drug-likeness (QED) is 0.259. The molecule has 26 heavy (non-hydrogen) atoms. The summed E-state index contributed by atoms with van der Waals surface area (Å²) in [6.45, 7) is 9.26. The van der Waals surface area contributed by atoms with Gasteiger partial charge in [0.05, 0.1) is 0 Å². The molecule has 0 spiro atoms. The minimum Gasteiger partial charge on any atom is -0.0654 e. The highest BCUT2D eigenvalue weighted by molar-refractivity contribution is 5.39. The maximum atomic E-state index is 2.63. The molecular weight excluding hydrogens is 312 g/mol. The van der Waals surface area contributed by atoms with E-state index in [9.17, 15) is 0 Å². The lowest BCUT2D eigenvalue weighted by Crippen LogP contribution is -2.03. The SMILES string of the molecule is CCCCCc1cc(CCCCC)c(CCCCC)cc1CCCCC. The first-order valence-corrected chi connectivity index (χ1v) is 11.9. The number of benzene rings is 1. The van der Waals surface area contributed by atoms with Gasteiger partial charge in [-0.25, -0.2) is 0 Å². The van der Waals surface area contributed by atoms with Crippen molar-refractivity contribution in [2.45, 2.75) is 130 Å². The Bertz CT molecular complexity index is 375. The molecule has 1 aromatic rings. The van der Waals surface area contributed by atoms with Crippen molar-refractivity contribution in [1.82, 2.24) is 0 Å². The molecule has 0 nitrogen and oxygen atoms in total. The fraction of sp³-hybridized carbons (Fsp3) is 0.769. The Balaban J connectivity index is 2.98. The molecule has 0 aliphatic heterocycles. The molecule has 0 bridgehead atoms. The molecule has 0 N–H and O–H groups in total. The Morgan fingerprint density at radius 1 is 0.385 bits per heavy atom. The second-order valence-electron chi connectivity index (χ2n) is 8.22. The van der Waals surface area contributed by atoms with Crippen LogP contribution in [0.3, 0.4) is 0 Å². The smallest absolute Gasteiger partial charge is 0.0276 e. The number of hydrogen-bond donors (Lipinski definition) is 0. The van der Waals surface area contributed by atoms with Crippen LogP contribution in [0, 0.1) is 0 Å². The summed E-state index contributed by atoms with van der Waals surface area (Å²) >= 11 is 0. The third-order valence-electron chi connectivity index (χ3n) is 5.72. The monoisotopic (exact) mass is 358 g/mol. The summed E-state index contributed by atoms with van der Waals surface area (Å²) in [6, 6.07) is 5.27. The molecule has 0 unspecified atom stereocenters. The van der Waals surface area contributed by atoms with Crippen molar-refractivity contribution in [3.05, 3.63) is 34.4 Å². The summed E-state index contributed by atoms with van der Waals surface area (Å²) in [5, 5.41) is 0. The highest BCUT2D eigenvalue weighted by Gasteiger charge is 2.10. The van der Waals surface area contributed by atoms with Crippen LogP contribution in [0.1, 0.15) is 127 Å². The second kappa shape index (κ2) is 15.3. The Hall–Kier alpha value is -0.780. The van der Waals surface area contributed by atoms with Gasteiger partial charge in [-0.3, -0.25) is 0 Å². The van der Waals surface area contributed by atoms with Gasteiger partial charge in [0.2, 0.25) is 0 Å². The van der Waals surface area contributed by atoms with E-state index in [-0.39, 0.29) is 0 Å². The minimum absolute atomic E-state index is 1.30. The maximum Gasteiger partial charge on any atom is -0.0276 e. The predicted octanol–water partition coefficient (Wildman–Crippen LogP) is 8.62. The molecule has 0 heterocycles. The molecule has 150 valence electrons. The van der Waals surface area contributed by atoms with E-state index in [4.69, 9.17) is 0 Å². The van der Waals surface area contributed by atoms with Gasteiger partial charge in [-0.15, -0.1) is 0 Å². The van der Waals surface area contributed by atoms with Crippen LogP contribution in [0.25, 0.3) is 0 Å². The summed E-state index contributed by atoms with van der Waals surface area (Å²) < 4.78 is 0. The van der Waals surface area contributed by atoms with Crippen molar-refractivity contribution >= 4 is 0 Å². The minimum atomic E-state index is 1.30. The van der Waals surface area contributed by atoms with E-state index >= 15 is 0 Å². The van der Waals surface area contributed by atoms with Crippen molar-refractivity contribution in [3.8, 4) is 0 Å². The van der Waals surface area contributed by atoms with E-state index in [1.54, 1.807) is 22.3 Å². The predicted molar refractivity (Wildman–Crippen MR) is 119 cm³/mol. The zero-order valence-electron chi connectivity index (χ0n) is 18.5. The van der Waals surface area contributed by atoms with Gasteiger partial charge in [0.15, 0.2) is 0 Å². The van der Waals surface area contributed by atoms with Gasteiger partial charge >= 0.3 is 0 Å². The summed E-state index contributed by atoms with van der Waals surface area (Å²) in [6.07, 6.45) is 21.4. The molecule has 0 saturated heterocycles. The molecule has 1 aromatic carbocycles. The van der Waals surface area contributed by atoms with E-state index in [2.05, 4.69) is 39.8 Å². The van der Waals surface area contributed by atoms with Crippen LogP contribution in [0.15, 0.2) is 12.1 Å². The first-order chi connectivity index (χ1) is 12.8. The highest BCUT2D eigenvalue weighted by Crippen LogP contribution is 2.25. The number of unbranched alkanes of at least 4 members (excludes halogenated alkanes) is 8. The molecule has 0 atom stereocenters. The lowest BCUT2D eigenvalue weighted by Gasteiger charge is -2.17. The van der Waals surface area contributed by atoms with Crippen molar-refractivity contribution in [2.75, 3.05) is 0 Å². The molecule has 0 radical (unpaired) electrons. The lowest BCUT2D eigenvalue weighted by molar-refractivity contribution is 0.678. The highest BCUT2D eigenvalue weighted by atomic mass is 14.2. The normalized spacial score (nSPS) is 11.2. The Labute approximate surface area is 165 Å². The van der Waals surface area contributed by atoms with Crippen molar-refractivity contribution < 1.29 is 0 Å². The standard InChI is InChI=1S/C26H46/c1-5-9-13-17-23-21-25(19-15-11-7-3)26(20-16-12-8-4)22-24(23)18-14-10-6-2/h21-22H,5-20H2,1-4H3. The molecular formula is C26H46. The van der Waals surface area contributed by atoms with Gasteiger partial charge in [-0.2, -0.15) is 0 Å². The van der Waals surface area contributed by atoms with Crippen molar-refractivity contribution in [1.29, 1.82) is 0 Å². The summed E-state index contributed by atoms with van der Waals surface area (Å²) in [7, 11) is 0. The zero-order valence-corrected chi connectivity index (χ0v) is 18.5. The van der Waals surface area contributed by atoms with Gasteiger partial charge in [0.1, 0.15) is 0 Å². The fourth-order valence-corrected chi connectivity index (χ4v) is 3.98. The number of hydrogen-bond acceptors (Lipinski definition) is 0. The van der Waals surface area contributed by atoms with Gasteiger partial charge in [0, 0.05) is 0 Å². The van der Waals surface area contributed by atoms with Crippen LogP contribution in [0.5, 0.6) is 0 Å². The van der Waals surface area contributed by atoms with E-state index in [1.165, 1.54) is 103 Å². The van der Waals surface area contributed by atoms with Gasteiger partial charge in [-0.05, 0) is 73.6 Å². The molecule has 0 amide bonds. The first kappa shape index (κ1) is 23.3. The summed E-state index contributed by atoms with van der Waals surface area (Å²) in [4.78, 5) is 0. The van der Waals surface area contributed by atoms with Gasteiger partial charge in [-0.1, -0.05) is 91.2 Å². The van der Waals surface area contributed by atoms with E-state index < -0.39 is 0 Å². The summed E-state index contributed by atoms with van der Waals surface area (Å²) in [5.41, 5.74) is 6.72. The molecule has 0 fully saturated rings. The Kier molecular flexibility index (Phi) is 13.7. The Morgan fingerprint density at radius 3 is 0.808 bits per heavy atom. The van der Waals surface area contributed by atoms with Crippen LogP contribution < -0.4 is 0 Å². The second-order valence-corrected chi connectivity index (χ2v) is 8.22. The van der Waals surface area contributed by atoms with Gasteiger partial charge in [0.25, 0.3) is 0 Å². The molecule has 0 aliphatic rings. The fourth-order valence-electron chi connectivity index (χ4n) is 3.98. The van der Waals surface area contributed by atoms with Crippen LogP contribution >= 0.6 is 0 Å². The summed E-state index contributed by atoms with van der Waals surface area (Å²) in [5.74, 6) is 0. The van der Waals surface area contributed by atoms with Crippen LogP contribution in [-0.2, 0) is 25.7 Å². The molecule has 0 aliphatic carbocycles. The first-order valence-electron chi connectivity index (χ1n) is 11.9.